The molecule has 0 aromatic rings. The zero-order valence-corrected chi connectivity index (χ0v) is 6.96. The number of halogens is 1. The van der Waals surface area contributed by atoms with Crippen molar-refractivity contribution in [2.45, 2.75) is 13.0 Å². The van der Waals surface area contributed by atoms with E-state index < -0.39 is 12.0 Å². The number of ether oxygens (including phenoxy) is 1. The van der Waals surface area contributed by atoms with Crippen LogP contribution in [0.1, 0.15) is 6.92 Å². The third-order valence-corrected chi connectivity index (χ3v) is 2.01. The fourth-order valence-electron chi connectivity index (χ4n) is 1.18. The molecule has 12 heavy (non-hydrogen) atoms. The summed E-state index contributed by atoms with van der Waals surface area (Å²) in [5, 5.41) is 0. The molecule has 0 aromatic heterocycles. The lowest BCUT2D eigenvalue weighted by Crippen LogP contribution is -2.45. The zero-order chi connectivity index (χ0) is 8.97. The van der Waals surface area contributed by atoms with Gasteiger partial charge in [-0.05, 0) is 6.92 Å². The van der Waals surface area contributed by atoms with Crippen molar-refractivity contribution < 1.29 is 19.0 Å². The van der Waals surface area contributed by atoms with Crippen molar-refractivity contribution in [2.24, 2.45) is 0 Å². The molecule has 0 spiro atoms. The van der Waals surface area contributed by atoms with Crippen molar-refractivity contribution in [3.63, 3.8) is 0 Å². The number of carbonyl (C=O) groups excluding carboxylic acids is 1. The maximum Gasteiger partial charge on any atom is 0.365 e. The van der Waals surface area contributed by atoms with Gasteiger partial charge < -0.3 is 4.74 Å². The van der Waals surface area contributed by atoms with Gasteiger partial charge >= 0.3 is 5.97 Å². The molecule has 0 aliphatic carbocycles. The van der Waals surface area contributed by atoms with E-state index >= 15 is 0 Å². The molecular weight excluding hydrogens is 165 g/mol. The van der Waals surface area contributed by atoms with Crippen molar-refractivity contribution >= 4 is 5.97 Å². The van der Waals surface area contributed by atoms with Crippen LogP contribution in [0.25, 0.3) is 0 Å². The molecule has 1 aliphatic rings. The lowest BCUT2D eigenvalue weighted by molar-refractivity contribution is -0.190. The second-order valence-corrected chi connectivity index (χ2v) is 2.72. The van der Waals surface area contributed by atoms with Crippen LogP contribution in [0, 0.1) is 0 Å². The second-order valence-electron chi connectivity index (χ2n) is 2.72. The Morgan fingerprint density at radius 2 is 2.17 bits per heavy atom. The molecule has 1 heterocycles. The highest BCUT2D eigenvalue weighted by Gasteiger charge is 2.24. The minimum absolute atomic E-state index is 0.515. The van der Waals surface area contributed by atoms with E-state index in [0.29, 0.717) is 26.3 Å². The fourth-order valence-corrected chi connectivity index (χ4v) is 1.18. The Morgan fingerprint density at radius 3 is 2.67 bits per heavy atom. The number of hydrogen-bond donors (Lipinski definition) is 0. The van der Waals surface area contributed by atoms with Gasteiger partial charge in [-0.1, -0.05) is 0 Å². The van der Waals surface area contributed by atoms with Crippen LogP contribution in [-0.4, -0.2) is 43.2 Å². The van der Waals surface area contributed by atoms with E-state index in [0.717, 1.165) is 0 Å². The van der Waals surface area contributed by atoms with Crippen molar-refractivity contribution in [3.05, 3.63) is 0 Å². The van der Waals surface area contributed by atoms with Gasteiger partial charge in [0.25, 0.3) is 0 Å². The largest absolute Gasteiger partial charge is 0.379 e. The Hall–Kier alpha value is -0.680. The van der Waals surface area contributed by atoms with E-state index in [1.54, 1.807) is 6.92 Å². The molecule has 5 heteroatoms. The van der Waals surface area contributed by atoms with E-state index in [2.05, 4.69) is 4.94 Å². The highest BCUT2D eigenvalue weighted by Crippen LogP contribution is 2.04. The molecule has 0 saturated carbocycles. The third-order valence-electron chi connectivity index (χ3n) is 2.01. The van der Waals surface area contributed by atoms with Gasteiger partial charge in [0.1, 0.15) is 6.04 Å². The van der Waals surface area contributed by atoms with Gasteiger partial charge in [-0.25, -0.2) is 4.79 Å². The first kappa shape index (κ1) is 9.41. The number of rotatable bonds is 2. The number of hydrogen-bond acceptors (Lipinski definition) is 4. The van der Waals surface area contributed by atoms with Crippen LogP contribution in [0.3, 0.4) is 0 Å². The van der Waals surface area contributed by atoms with Crippen molar-refractivity contribution in [2.75, 3.05) is 26.3 Å². The van der Waals surface area contributed by atoms with Gasteiger partial charge in [-0.3, -0.25) is 9.84 Å². The number of nitrogens with zero attached hydrogens (tertiary/aromatic N) is 1. The summed E-state index contributed by atoms with van der Waals surface area (Å²) in [6.45, 7) is 4.09. The minimum atomic E-state index is -0.836. The monoisotopic (exact) mass is 177 g/mol. The summed E-state index contributed by atoms with van der Waals surface area (Å²) in [7, 11) is 0. The first-order valence-electron chi connectivity index (χ1n) is 3.90. The van der Waals surface area contributed by atoms with Gasteiger partial charge in [-0.15, -0.1) is 0 Å². The Bertz CT molecular complexity index is 159. The highest BCUT2D eigenvalue weighted by molar-refractivity contribution is 5.74. The van der Waals surface area contributed by atoms with Crippen LogP contribution < -0.4 is 0 Å². The number of carbonyl (C=O) groups is 1. The van der Waals surface area contributed by atoms with Crippen LogP contribution >= 0.6 is 0 Å². The van der Waals surface area contributed by atoms with Gasteiger partial charge in [0.05, 0.1) is 13.2 Å². The van der Waals surface area contributed by atoms with Crippen LogP contribution in [0.15, 0.2) is 0 Å². The zero-order valence-electron chi connectivity index (χ0n) is 6.96. The average molecular weight is 177 g/mol. The van der Waals surface area contributed by atoms with Crippen LogP contribution in [0.4, 0.5) is 4.53 Å². The van der Waals surface area contributed by atoms with Crippen molar-refractivity contribution in [3.8, 4) is 0 Å². The summed E-state index contributed by atoms with van der Waals surface area (Å²) in [6.07, 6.45) is 0. The summed E-state index contributed by atoms with van der Waals surface area (Å²) in [5.74, 6) is -0.836. The first-order valence-corrected chi connectivity index (χ1v) is 3.90. The molecule has 0 N–H and O–H groups in total. The molecule has 70 valence electrons. The lowest BCUT2D eigenvalue weighted by Gasteiger charge is -2.29. The summed E-state index contributed by atoms with van der Waals surface area (Å²) >= 11 is 0. The van der Waals surface area contributed by atoms with Gasteiger partial charge in [0, 0.05) is 17.6 Å². The van der Waals surface area contributed by atoms with Gasteiger partial charge in [0.15, 0.2) is 0 Å². The van der Waals surface area contributed by atoms with E-state index in [-0.39, 0.29) is 0 Å². The van der Waals surface area contributed by atoms with E-state index in [1.165, 1.54) is 0 Å². The Labute approximate surface area is 70.1 Å². The SMILES string of the molecule is CC(C(=O)OF)N1CCOCC1. The second kappa shape index (κ2) is 4.37. The minimum Gasteiger partial charge on any atom is -0.379 e. The molecule has 1 fully saturated rings. The molecular formula is C7H12FNO3. The summed E-state index contributed by atoms with van der Waals surface area (Å²) in [6, 6.07) is -0.515. The highest BCUT2D eigenvalue weighted by atomic mass is 19.3. The maximum atomic E-state index is 11.5. The first-order chi connectivity index (χ1) is 5.75. The normalized spacial score (nSPS) is 21.8. The lowest BCUT2D eigenvalue weighted by atomic mass is 10.2. The molecule has 0 aromatic carbocycles. The quantitative estimate of drug-likeness (QED) is 0.601. The summed E-state index contributed by atoms with van der Waals surface area (Å²) < 4.78 is 16.6. The van der Waals surface area contributed by atoms with Crippen LogP contribution in [0.2, 0.25) is 0 Å². The average Bonchev–Trinajstić information content (AvgIpc) is 2.17. The maximum absolute atomic E-state index is 11.5. The standard InChI is InChI=1S/C7H12FNO3/c1-6(7(10)12-8)9-2-4-11-5-3-9/h6H,2-5H2,1H3. The van der Waals surface area contributed by atoms with E-state index in [9.17, 15) is 9.32 Å². The summed E-state index contributed by atoms with van der Waals surface area (Å²) in [4.78, 5) is 15.7. The molecule has 1 rings (SSSR count). The molecule has 0 bridgehead atoms. The Kier molecular flexibility index (Phi) is 3.43. The van der Waals surface area contributed by atoms with Crippen LogP contribution in [0.5, 0.6) is 0 Å². The van der Waals surface area contributed by atoms with E-state index in [4.69, 9.17) is 4.74 Å². The van der Waals surface area contributed by atoms with Gasteiger partial charge in [0.2, 0.25) is 0 Å². The molecule has 0 amide bonds. The topological polar surface area (TPSA) is 38.8 Å². The van der Waals surface area contributed by atoms with Crippen LogP contribution in [-0.2, 0) is 14.5 Å². The fraction of sp³-hybridized carbons (Fsp3) is 0.857. The van der Waals surface area contributed by atoms with E-state index in [1.807, 2.05) is 4.90 Å². The molecule has 1 aliphatic heterocycles. The molecule has 1 atom stereocenters. The van der Waals surface area contributed by atoms with Gasteiger partial charge in [-0.2, -0.15) is 0 Å². The molecule has 0 radical (unpaired) electrons. The van der Waals surface area contributed by atoms with Crippen molar-refractivity contribution in [1.29, 1.82) is 0 Å². The predicted octanol–water partition coefficient (Wildman–Crippen LogP) is 0.135. The Balaban J connectivity index is 2.39. The molecule has 1 unspecified atom stereocenters. The molecule has 1 saturated heterocycles. The number of morpholine rings is 1. The predicted molar refractivity (Wildman–Crippen MR) is 39.1 cm³/mol. The summed E-state index contributed by atoms with van der Waals surface area (Å²) in [5.41, 5.74) is 0. The molecule has 4 nitrogen and oxygen atoms in total. The smallest absolute Gasteiger partial charge is 0.365 e. The third kappa shape index (κ3) is 2.15. The Morgan fingerprint density at radius 1 is 1.58 bits per heavy atom. The van der Waals surface area contributed by atoms with Crippen molar-refractivity contribution in [1.82, 2.24) is 4.90 Å².